The number of methoxy groups -OCH3 is 1. The van der Waals surface area contributed by atoms with Gasteiger partial charge < -0.3 is 9.64 Å². The van der Waals surface area contributed by atoms with E-state index in [1.807, 2.05) is 5.38 Å². The number of thiazole rings is 1. The highest BCUT2D eigenvalue weighted by molar-refractivity contribution is 7.09. The molecule has 3 aromatic heterocycles. The van der Waals surface area contributed by atoms with Crippen molar-refractivity contribution in [1.82, 2.24) is 29.4 Å². The van der Waals surface area contributed by atoms with Crippen LogP contribution in [0.3, 0.4) is 0 Å². The van der Waals surface area contributed by atoms with Crippen molar-refractivity contribution in [1.29, 1.82) is 0 Å². The van der Waals surface area contributed by atoms with Crippen molar-refractivity contribution in [2.24, 2.45) is 0 Å². The van der Waals surface area contributed by atoms with Crippen LogP contribution in [0.5, 0.6) is 5.75 Å². The van der Waals surface area contributed by atoms with Crippen molar-refractivity contribution in [3.05, 3.63) is 63.9 Å². The summed E-state index contributed by atoms with van der Waals surface area (Å²) in [5, 5.41) is 6.89. The van der Waals surface area contributed by atoms with Gasteiger partial charge in [-0.2, -0.15) is 18.3 Å². The smallest absolute Gasteiger partial charge is 0.433 e. The van der Waals surface area contributed by atoms with Gasteiger partial charge in [-0.1, -0.05) is 0 Å². The average molecular weight is 531 g/mol. The van der Waals surface area contributed by atoms with E-state index >= 15 is 0 Å². The first-order valence-corrected chi connectivity index (χ1v) is 12.6. The Balaban J connectivity index is 1.48. The van der Waals surface area contributed by atoms with Gasteiger partial charge in [0, 0.05) is 48.9 Å². The van der Waals surface area contributed by atoms with E-state index in [1.54, 1.807) is 46.7 Å². The van der Waals surface area contributed by atoms with Crippen LogP contribution in [-0.4, -0.2) is 68.6 Å². The molecule has 0 unspecified atom stereocenters. The van der Waals surface area contributed by atoms with E-state index in [-0.39, 0.29) is 34.4 Å². The van der Waals surface area contributed by atoms with Gasteiger partial charge in [0.15, 0.2) is 11.3 Å². The molecular weight excluding hydrogens is 505 g/mol. The van der Waals surface area contributed by atoms with Crippen molar-refractivity contribution in [2.75, 3.05) is 33.3 Å². The van der Waals surface area contributed by atoms with Crippen LogP contribution in [0.15, 0.2) is 42.0 Å². The van der Waals surface area contributed by atoms with Crippen molar-refractivity contribution in [2.45, 2.75) is 26.1 Å². The molecule has 0 saturated carbocycles. The highest BCUT2D eigenvalue weighted by atomic mass is 32.1. The summed E-state index contributed by atoms with van der Waals surface area (Å²) in [7, 11) is 1.51. The maximum absolute atomic E-state index is 14.2. The van der Waals surface area contributed by atoms with Crippen LogP contribution in [0.1, 0.15) is 39.6 Å². The van der Waals surface area contributed by atoms with E-state index in [4.69, 9.17) is 4.74 Å². The molecule has 0 radical (unpaired) electrons. The molecule has 194 valence electrons. The molecule has 5 rings (SSSR count). The molecule has 1 saturated heterocycles. The minimum Gasteiger partial charge on any atom is -0.497 e. The van der Waals surface area contributed by atoms with E-state index in [2.05, 4.69) is 26.9 Å². The lowest BCUT2D eigenvalue weighted by Crippen LogP contribution is -2.49. The molecule has 8 nitrogen and oxygen atoms in total. The van der Waals surface area contributed by atoms with E-state index < -0.39 is 11.9 Å². The number of alkyl halides is 3. The highest BCUT2D eigenvalue weighted by Gasteiger charge is 2.39. The van der Waals surface area contributed by atoms with Crippen LogP contribution in [0, 0.1) is 6.92 Å². The Labute approximate surface area is 215 Å². The lowest BCUT2D eigenvalue weighted by molar-refractivity contribution is -0.143. The van der Waals surface area contributed by atoms with Gasteiger partial charge in [-0.15, -0.1) is 11.3 Å². The summed E-state index contributed by atoms with van der Waals surface area (Å²) >= 11 is 1.59. The molecule has 1 atom stereocenters. The van der Waals surface area contributed by atoms with E-state index in [1.165, 1.54) is 20.2 Å². The van der Waals surface area contributed by atoms with Gasteiger partial charge in [0.25, 0.3) is 5.91 Å². The third kappa shape index (κ3) is 4.66. The number of piperazine rings is 1. The molecule has 1 fully saturated rings. The lowest BCUT2D eigenvalue weighted by atomic mass is 10.0. The number of halogens is 3. The fourth-order valence-corrected chi connectivity index (χ4v) is 5.40. The van der Waals surface area contributed by atoms with Gasteiger partial charge in [-0.25, -0.2) is 14.5 Å². The molecule has 1 amide bonds. The van der Waals surface area contributed by atoms with Crippen LogP contribution >= 0.6 is 11.3 Å². The molecule has 0 bridgehead atoms. The predicted molar refractivity (Wildman–Crippen MR) is 133 cm³/mol. The Kier molecular flexibility index (Phi) is 6.63. The summed E-state index contributed by atoms with van der Waals surface area (Å²) in [6.07, 6.45) is -1.75. The molecule has 1 aromatic carbocycles. The zero-order valence-electron chi connectivity index (χ0n) is 20.5. The molecule has 1 aliphatic rings. The minimum absolute atomic E-state index is 0.0432. The van der Waals surface area contributed by atoms with Gasteiger partial charge >= 0.3 is 6.18 Å². The second-order valence-electron chi connectivity index (χ2n) is 8.83. The van der Waals surface area contributed by atoms with Gasteiger partial charge in [-0.05, 0) is 38.1 Å². The third-order valence-corrected chi connectivity index (χ3v) is 7.65. The highest BCUT2D eigenvalue weighted by Crippen LogP contribution is 2.37. The number of hydrogen-bond donors (Lipinski definition) is 0. The summed E-state index contributed by atoms with van der Waals surface area (Å²) in [6.45, 7) is 5.57. The monoisotopic (exact) mass is 530 g/mol. The number of amides is 1. The molecular formula is C25H25F3N6O2S. The quantitative estimate of drug-likeness (QED) is 0.372. The number of nitrogens with zero attached hydrogens (tertiary/aromatic N) is 6. The number of aromatic nitrogens is 4. The van der Waals surface area contributed by atoms with Gasteiger partial charge in [0.1, 0.15) is 16.3 Å². The van der Waals surface area contributed by atoms with Crippen LogP contribution in [0.25, 0.3) is 16.9 Å². The number of rotatable bonds is 5. The van der Waals surface area contributed by atoms with E-state index in [0.717, 1.165) is 9.52 Å². The molecule has 0 N–H and O–H groups in total. The lowest BCUT2D eigenvalue weighted by Gasteiger charge is -2.37. The summed E-state index contributed by atoms with van der Waals surface area (Å²) in [5.41, 5.74) is -0.481. The summed E-state index contributed by atoms with van der Waals surface area (Å²) < 4.78 is 48.4. The second kappa shape index (κ2) is 9.75. The maximum Gasteiger partial charge on any atom is 0.433 e. The Morgan fingerprint density at radius 3 is 2.43 bits per heavy atom. The van der Waals surface area contributed by atoms with Gasteiger partial charge in [-0.3, -0.25) is 9.69 Å². The van der Waals surface area contributed by atoms with Crippen LogP contribution in [0.2, 0.25) is 0 Å². The average Bonchev–Trinajstić information content (AvgIpc) is 3.57. The SMILES string of the molecule is COc1ccc(-c2nc3c(C(=O)N4CCN([C@@H](C)c5nccs5)CC4)cnn3c(C(F)(F)F)c2C)cc1. The first-order valence-electron chi connectivity index (χ1n) is 11.7. The van der Waals surface area contributed by atoms with Crippen molar-refractivity contribution >= 4 is 22.9 Å². The number of ether oxygens (including phenoxy) is 1. The normalized spacial score (nSPS) is 15.8. The van der Waals surface area contributed by atoms with Crippen LogP contribution < -0.4 is 4.74 Å². The number of carbonyl (C=O) groups is 1. The molecule has 0 spiro atoms. The zero-order valence-corrected chi connectivity index (χ0v) is 21.3. The number of fused-ring (bicyclic) bond motifs is 1. The van der Waals surface area contributed by atoms with Gasteiger partial charge in [0.2, 0.25) is 0 Å². The van der Waals surface area contributed by atoms with Crippen molar-refractivity contribution < 1.29 is 22.7 Å². The van der Waals surface area contributed by atoms with Crippen LogP contribution in [0.4, 0.5) is 13.2 Å². The molecule has 4 aromatic rings. The molecule has 12 heteroatoms. The Bertz CT molecular complexity index is 1410. The van der Waals surface area contributed by atoms with Crippen molar-refractivity contribution in [3.8, 4) is 17.0 Å². The topological polar surface area (TPSA) is 75.9 Å². The second-order valence-corrected chi connectivity index (χ2v) is 9.75. The van der Waals surface area contributed by atoms with E-state index in [9.17, 15) is 18.0 Å². The summed E-state index contributed by atoms with van der Waals surface area (Å²) in [6, 6.07) is 6.72. The molecule has 1 aliphatic heterocycles. The summed E-state index contributed by atoms with van der Waals surface area (Å²) in [5.74, 6) is 0.184. The van der Waals surface area contributed by atoms with Crippen molar-refractivity contribution in [3.63, 3.8) is 0 Å². The fraction of sp³-hybridized carbons (Fsp3) is 0.360. The Morgan fingerprint density at radius 2 is 1.84 bits per heavy atom. The Hall–Kier alpha value is -3.51. The van der Waals surface area contributed by atoms with Crippen LogP contribution in [-0.2, 0) is 6.18 Å². The molecule has 0 aliphatic carbocycles. The molecule has 4 heterocycles. The molecule has 37 heavy (non-hydrogen) atoms. The third-order valence-electron chi connectivity index (χ3n) is 6.70. The first kappa shape index (κ1) is 25.2. The fourth-order valence-electron chi connectivity index (χ4n) is 4.67. The van der Waals surface area contributed by atoms with Gasteiger partial charge in [0.05, 0.1) is 25.0 Å². The zero-order chi connectivity index (χ0) is 26.3. The number of carbonyl (C=O) groups excluding carboxylic acids is 1. The maximum atomic E-state index is 14.2. The minimum atomic E-state index is -4.70. The standard InChI is InChI=1S/C25H25F3N6O2S/c1-15-20(17-4-6-18(36-3)7-5-17)31-22-19(14-30-34(22)21(15)25(26,27)28)24(35)33-11-9-32(10-12-33)16(2)23-29-8-13-37-23/h4-8,13-14,16H,9-12H2,1-3H3/t16-/m0/s1. The Morgan fingerprint density at radius 1 is 1.14 bits per heavy atom. The number of benzene rings is 1. The summed E-state index contributed by atoms with van der Waals surface area (Å²) in [4.78, 5) is 26.2. The predicted octanol–water partition coefficient (Wildman–Crippen LogP) is 4.71. The van der Waals surface area contributed by atoms with E-state index in [0.29, 0.717) is 37.5 Å². The largest absolute Gasteiger partial charge is 0.497 e. The first-order chi connectivity index (χ1) is 17.7. The number of hydrogen-bond acceptors (Lipinski definition) is 7.